The van der Waals surface area contributed by atoms with Gasteiger partial charge in [-0.15, -0.1) is 11.3 Å². The topological polar surface area (TPSA) is 64.3 Å². The summed E-state index contributed by atoms with van der Waals surface area (Å²) in [6.45, 7) is 5.40. The first-order chi connectivity index (χ1) is 7.27. The van der Waals surface area contributed by atoms with Crippen molar-refractivity contribution in [2.45, 2.75) is 26.3 Å². The Morgan fingerprint density at radius 3 is 2.56 bits per heavy atom. The maximum atomic E-state index is 11.2. The lowest BCUT2D eigenvalue weighted by Gasteiger charge is -2.32. The van der Waals surface area contributed by atoms with Crippen LogP contribution in [0, 0.1) is 14.2 Å². The summed E-state index contributed by atoms with van der Waals surface area (Å²) in [5.74, 6) is 0. The van der Waals surface area contributed by atoms with Gasteiger partial charge in [0.2, 0.25) is 0 Å². The molecule has 1 amide bonds. The van der Waals surface area contributed by atoms with Gasteiger partial charge < -0.3 is 5.11 Å². The summed E-state index contributed by atoms with van der Waals surface area (Å²) in [7, 11) is 0. The van der Waals surface area contributed by atoms with Crippen LogP contribution in [-0.2, 0) is 0 Å². The monoisotopic (exact) mass is 350 g/mol. The van der Waals surface area contributed by atoms with E-state index in [1.165, 1.54) is 16.2 Å². The molecule has 86 valence electrons. The number of halogens is 1. The number of thiophene rings is 1. The average molecular weight is 350 g/mol. The Morgan fingerprint density at radius 2 is 2.19 bits per heavy atom. The zero-order valence-corrected chi connectivity index (χ0v) is 12.1. The van der Waals surface area contributed by atoms with Gasteiger partial charge in [-0.25, -0.2) is 4.79 Å². The Labute approximate surface area is 112 Å². The van der Waals surface area contributed by atoms with Gasteiger partial charge in [0.15, 0.2) is 0 Å². The molecule has 0 aliphatic carbocycles. The molecule has 1 heterocycles. The number of carboxylic acid groups (broad SMARTS) is 1. The predicted octanol–water partition coefficient (Wildman–Crippen LogP) is 3.51. The maximum absolute atomic E-state index is 11.2. The van der Waals surface area contributed by atoms with Gasteiger partial charge in [0.1, 0.15) is 11.1 Å². The van der Waals surface area contributed by atoms with Crippen LogP contribution in [0.4, 0.5) is 9.80 Å². The molecule has 0 saturated carbocycles. The second-order valence-electron chi connectivity index (χ2n) is 4.17. The summed E-state index contributed by atoms with van der Waals surface area (Å²) < 4.78 is 0.902. The van der Waals surface area contributed by atoms with Crippen LogP contribution in [0.5, 0.6) is 0 Å². The van der Waals surface area contributed by atoms with Crippen LogP contribution in [-0.4, -0.2) is 16.7 Å². The molecular weight excluding hydrogens is 339 g/mol. The highest BCUT2D eigenvalue weighted by Crippen LogP contribution is 2.35. The van der Waals surface area contributed by atoms with E-state index in [1.54, 1.807) is 26.8 Å². The number of nitrogens with zero attached hydrogens (tertiary/aromatic N) is 2. The molecule has 0 spiro atoms. The molecule has 4 nitrogen and oxygen atoms in total. The molecule has 0 bridgehead atoms. The standard InChI is InChI=1S/C10H11IN2O2S/c1-10(2,3)13(9(14)15)8-6(5-12)4-7(11)16-8/h4H,1-3H3,(H,14,15). The van der Waals surface area contributed by atoms with Crippen molar-refractivity contribution in [1.29, 1.82) is 5.26 Å². The lowest BCUT2D eigenvalue weighted by molar-refractivity contribution is 0.196. The second kappa shape index (κ2) is 4.59. The van der Waals surface area contributed by atoms with Gasteiger partial charge in [-0.05, 0) is 49.4 Å². The highest BCUT2D eigenvalue weighted by Gasteiger charge is 2.31. The summed E-state index contributed by atoms with van der Waals surface area (Å²) in [4.78, 5) is 12.5. The van der Waals surface area contributed by atoms with Crippen molar-refractivity contribution in [1.82, 2.24) is 0 Å². The fourth-order valence-electron chi connectivity index (χ4n) is 1.28. The maximum Gasteiger partial charge on any atom is 0.412 e. The predicted molar refractivity (Wildman–Crippen MR) is 72.0 cm³/mol. The normalized spacial score (nSPS) is 10.9. The molecule has 0 aliphatic rings. The minimum Gasteiger partial charge on any atom is -0.465 e. The van der Waals surface area contributed by atoms with Crippen molar-refractivity contribution in [3.63, 3.8) is 0 Å². The average Bonchev–Trinajstić information content (AvgIpc) is 2.43. The van der Waals surface area contributed by atoms with Crippen molar-refractivity contribution < 1.29 is 9.90 Å². The highest BCUT2D eigenvalue weighted by atomic mass is 127. The molecule has 1 rings (SSSR count). The number of hydrogen-bond donors (Lipinski definition) is 1. The Kier molecular flexibility index (Phi) is 3.80. The molecular formula is C10H11IN2O2S. The molecule has 16 heavy (non-hydrogen) atoms. The third kappa shape index (κ3) is 2.65. The van der Waals surface area contributed by atoms with E-state index in [4.69, 9.17) is 5.26 Å². The van der Waals surface area contributed by atoms with Gasteiger partial charge >= 0.3 is 6.09 Å². The number of anilines is 1. The van der Waals surface area contributed by atoms with Crippen LogP contribution in [0.15, 0.2) is 6.07 Å². The Hall–Kier alpha value is -0.810. The molecule has 1 aromatic rings. The van der Waals surface area contributed by atoms with Gasteiger partial charge in [-0.3, -0.25) is 4.90 Å². The van der Waals surface area contributed by atoms with Gasteiger partial charge in [-0.1, -0.05) is 0 Å². The SMILES string of the molecule is CC(C)(C)N(C(=O)O)c1sc(I)cc1C#N. The molecule has 0 fully saturated rings. The number of hydrogen-bond acceptors (Lipinski definition) is 3. The van der Waals surface area contributed by atoms with E-state index in [-0.39, 0.29) is 0 Å². The first-order valence-corrected chi connectivity index (χ1v) is 6.39. The minimum absolute atomic E-state index is 0.409. The Balaban J connectivity index is 3.33. The van der Waals surface area contributed by atoms with Crippen molar-refractivity contribution in [2.24, 2.45) is 0 Å². The molecule has 1 N–H and O–H groups in total. The van der Waals surface area contributed by atoms with E-state index in [9.17, 15) is 9.90 Å². The third-order valence-corrected chi connectivity index (χ3v) is 3.75. The van der Waals surface area contributed by atoms with Crippen LogP contribution in [0.25, 0.3) is 0 Å². The van der Waals surface area contributed by atoms with Gasteiger partial charge in [-0.2, -0.15) is 5.26 Å². The van der Waals surface area contributed by atoms with Crippen LogP contribution in [0.1, 0.15) is 26.3 Å². The van der Waals surface area contributed by atoms with E-state index in [1.807, 2.05) is 6.07 Å². The van der Waals surface area contributed by atoms with Crippen molar-refractivity contribution in [2.75, 3.05) is 4.90 Å². The molecule has 1 aromatic heterocycles. The fraction of sp³-hybridized carbons (Fsp3) is 0.400. The number of rotatable bonds is 1. The molecule has 0 aromatic carbocycles. The largest absolute Gasteiger partial charge is 0.465 e. The summed E-state index contributed by atoms with van der Waals surface area (Å²) in [5, 5.41) is 18.7. The molecule has 0 unspecified atom stereocenters. The van der Waals surface area contributed by atoms with E-state index < -0.39 is 11.6 Å². The zero-order valence-electron chi connectivity index (χ0n) is 9.11. The van der Waals surface area contributed by atoms with Gasteiger partial charge in [0.25, 0.3) is 0 Å². The van der Waals surface area contributed by atoms with Crippen LogP contribution < -0.4 is 4.90 Å². The lowest BCUT2D eigenvalue weighted by Crippen LogP contribution is -2.45. The highest BCUT2D eigenvalue weighted by molar-refractivity contribution is 14.1. The third-order valence-electron chi connectivity index (χ3n) is 1.87. The first-order valence-electron chi connectivity index (χ1n) is 4.50. The molecule has 0 aliphatic heterocycles. The van der Waals surface area contributed by atoms with Crippen LogP contribution in [0.2, 0.25) is 0 Å². The summed E-state index contributed by atoms with van der Waals surface area (Å²) in [5.41, 5.74) is -0.155. The number of amides is 1. The van der Waals surface area contributed by atoms with Crippen molar-refractivity contribution >= 4 is 45.0 Å². The van der Waals surface area contributed by atoms with E-state index in [2.05, 4.69) is 22.6 Å². The van der Waals surface area contributed by atoms with Gasteiger partial charge in [0.05, 0.1) is 8.45 Å². The van der Waals surface area contributed by atoms with E-state index in [0.29, 0.717) is 10.6 Å². The van der Waals surface area contributed by atoms with Crippen LogP contribution in [0.3, 0.4) is 0 Å². The van der Waals surface area contributed by atoms with E-state index in [0.717, 1.165) is 2.88 Å². The summed E-state index contributed by atoms with van der Waals surface area (Å²) >= 11 is 3.39. The van der Waals surface area contributed by atoms with Crippen molar-refractivity contribution in [3.8, 4) is 6.07 Å². The van der Waals surface area contributed by atoms with Crippen LogP contribution >= 0.6 is 33.9 Å². The molecule has 0 atom stereocenters. The number of nitriles is 1. The lowest BCUT2D eigenvalue weighted by atomic mass is 10.1. The molecule has 0 saturated heterocycles. The molecule has 0 radical (unpaired) electrons. The van der Waals surface area contributed by atoms with Gasteiger partial charge in [0, 0.05) is 5.54 Å². The Bertz CT molecular complexity index is 456. The summed E-state index contributed by atoms with van der Waals surface area (Å²) in [6.07, 6.45) is -1.04. The zero-order chi connectivity index (χ0) is 12.5. The number of carbonyl (C=O) groups is 1. The smallest absolute Gasteiger partial charge is 0.412 e. The molecule has 6 heteroatoms. The second-order valence-corrected chi connectivity index (χ2v) is 7.09. The summed E-state index contributed by atoms with van der Waals surface area (Å²) in [6, 6.07) is 3.72. The first kappa shape index (κ1) is 13.3. The van der Waals surface area contributed by atoms with E-state index >= 15 is 0 Å². The Morgan fingerprint density at radius 1 is 1.62 bits per heavy atom. The quantitative estimate of drug-likeness (QED) is 0.789. The van der Waals surface area contributed by atoms with Crippen molar-refractivity contribution in [3.05, 3.63) is 14.5 Å². The fourth-order valence-corrected chi connectivity index (χ4v) is 3.23. The minimum atomic E-state index is -1.04.